The Morgan fingerprint density at radius 2 is 1.93 bits per heavy atom. The lowest BCUT2D eigenvalue weighted by Crippen LogP contribution is -2.35. The van der Waals surface area contributed by atoms with Crippen LogP contribution in [0.4, 0.5) is 5.69 Å². The number of hydrogen-bond acceptors (Lipinski definition) is 6. The van der Waals surface area contributed by atoms with Gasteiger partial charge in [0, 0.05) is 24.4 Å². The number of carbonyl (C=O) groups is 1. The Morgan fingerprint density at radius 3 is 2.61 bits per heavy atom. The van der Waals surface area contributed by atoms with Crippen molar-refractivity contribution in [1.29, 1.82) is 0 Å². The number of amides is 1. The number of benzene rings is 2. The van der Waals surface area contributed by atoms with E-state index >= 15 is 0 Å². The van der Waals surface area contributed by atoms with Gasteiger partial charge in [-0.2, -0.15) is 0 Å². The summed E-state index contributed by atoms with van der Waals surface area (Å²) in [5.41, 5.74) is 1.92. The zero-order valence-electron chi connectivity index (χ0n) is 15.7. The maximum atomic E-state index is 12.5. The lowest BCUT2D eigenvalue weighted by Gasteiger charge is -2.13. The number of sulfonamides is 1. The van der Waals surface area contributed by atoms with Gasteiger partial charge in [-0.25, -0.2) is 18.1 Å². The first-order valence-electron chi connectivity index (χ1n) is 8.58. The van der Waals surface area contributed by atoms with Gasteiger partial charge in [0.25, 0.3) is 5.91 Å². The number of ether oxygens (including phenoxy) is 1. The van der Waals surface area contributed by atoms with E-state index in [1.807, 2.05) is 19.1 Å². The molecule has 3 aromatic rings. The Bertz CT molecular complexity index is 1090. The molecule has 0 fully saturated rings. The monoisotopic (exact) mass is 419 g/mol. The second-order valence-electron chi connectivity index (χ2n) is 6.37. The van der Waals surface area contributed by atoms with Gasteiger partial charge in [0.15, 0.2) is 0 Å². The summed E-state index contributed by atoms with van der Waals surface area (Å²) in [6, 6.07) is 11.0. The number of methoxy groups -OCH3 is 1. The van der Waals surface area contributed by atoms with E-state index < -0.39 is 10.0 Å². The Balaban J connectivity index is 1.72. The molecule has 2 aromatic carbocycles. The zero-order valence-corrected chi connectivity index (χ0v) is 17.4. The standard InChI is InChI=1S/C19H21N3O4S2/c1-12(11-26-3)22-28(24,25)16-7-4-14(5-8-16)19(23)21-15-6-9-17-18(10-15)27-13(2)20-17/h4-10,12,22H,11H2,1-3H3,(H,21,23)/t12-/m1/s1. The minimum absolute atomic E-state index is 0.0913. The summed E-state index contributed by atoms with van der Waals surface area (Å²) < 4.78 is 33.1. The van der Waals surface area contributed by atoms with Gasteiger partial charge in [0.05, 0.1) is 26.7 Å². The summed E-state index contributed by atoms with van der Waals surface area (Å²) in [5.74, 6) is -0.315. The predicted molar refractivity (Wildman–Crippen MR) is 110 cm³/mol. The van der Waals surface area contributed by atoms with Crippen molar-refractivity contribution in [3.05, 3.63) is 53.0 Å². The van der Waals surface area contributed by atoms with Crippen molar-refractivity contribution >= 4 is 43.2 Å². The van der Waals surface area contributed by atoms with E-state index in [1.165, 1.54) is 31.4 Å². The lowest BCUT2D eigenvalue weighted by molar-refractivity contribution is 0.102. The van der Waals surface area contributed by atoms with Crippen LogP contribution >= 0.6 is 11.3 Å². The molecule has 2 N–H and O–H groups in total. The number of aryl methyl sites for hydroxylation is 1. The summed E-state index contributed by atoms with van der Waals surface area (Å²) >= 11 is 1.56. The number of fused-ring (bicyclic) bond motifs is 1. The third kappa shape index (κ3) is 4.74. The summed E-state index contributed by atoms with van der Waals surface area (Å²) in [5, 5.41) is 3.79. The molecule has 9 heteroatoms. The third-order valence-corrected chi connectivity index (χ3v) is 6.49. The number of rotatable bonds is 7. The van der Waals surface area contributed by atoms with Gasteiger partial charge in [-0.15, -0.1) is 11.3 Å². The maximum Gasteiger partial charge on any atom is 0.255 e. The number of anilines is 1. The summed E-state index contributed by atoms with van der Waals surface area (Å²) in [7, 11) is -2.17. The second kappa shape index (κ2) is 8.36. The van der Waals surface area contributed by atoms with Gasteiger partial charge in [-0.3, -0.25) is 4.79 Å². The number of hydrogen-bond donors (Lipinski definition) is 2. The molecule has 1 heterocycles. The molecule has 3 rings (SSSR count). The summed E-state index contributed by atoms with van der Waals surface area (Å²) in [6.07, 6.45) is 0. The van der Waals surface area contributed by atoms with Crippen molar-refractivity contribution in [2.24, 2.45) is 0 Å². The molecule has 0 saturated heterocycles. The first-order chi connectivity index (χ1) is 13.3. The van der Waals surface area contributed by atoms with Crippen LogP contribution < -0.4 is 10.0 Å². The molecular formula is C19H21N3O4S2. The van der Waals surface area contributed by atoms with Crippen LogP contribution in [0.2, 0.25) is 0 Å². The molecule has 0 unspecified atom stereocenters. The number of nitrogens with zero attached hydrogens (tertiary/aromatic N) is 1. The molecule has 0 aliphatic rings. The molecule has 1 aromatic heterocycles. The minimum atomic E-state index is -3.67. The van der Waals surface area contributed by atoms with Crippen molar-refractivity contribution in [1.82, 2.24) is 9.71 Å². The van der Waals surface area contributed by atoms with Crippen LogP contribution in [0.1, 0.15) is 22.3 Å². The highest BCUT2D eigenvalue weighted by Gasteiger charge is 2.18. The summed E-state index contributed by atoms with van der Waals surface area (Å²) in [6.45, 7) is 3.91. The largest absolute Gasteiger partial charge is 0.383 e. The third-order valence-electron chi connectivity index (χ3n) is 3.95. The highest BCUT2D eigenvalue weighted by molar-refractivity contribution is 7.89. The van der Waals surface area contributed by atoms with Crippen LogP contribution in [0, 0.1) is 6.92 Å². The predicted octanol–water partition coefficient (Wildman–Crippen LogP) is 3.17. The van der Waals surface area contributed by atoms with E-state index in [2.05, 4.69) is 15.0 Å². The SMILES string of the molecule is COC[C@@H](C)NS(=O)(=O)c1ccc(C(=O)Nc2ccc3nc(C)sc3c2)cc1. The fourth-order valence-electron chi connectivity index (χ4n) is 2.72. The van der Waals surface area contributed by atoms with Crippen LogP contribution in [0.15, 0.2) is 47.4 Å². The number of nitrogens with one attached hydrogen (secondary N) is 2. The van der Waals surface area contributed by atoms with E-state index in [-0.39, 0.29) is 23.5 Å². The van der Waals surface area contributed by atoms with Crippen LogP contribution in [0.25, 0.3) is 10.2 Å². The lowest BCUT2D eigenvalue weighted by atomic mass is 10.2. The molecule has 0 saturated carbocycles. The average molecular weight is 420 g/mol. The van der Waals surface area contributed by atoms with Gasteiger partial charge < -0.3 is 10.1 Å². The topological polar surface area (TPSA) is 97.4 Å². The molecule has 1 atom stereocenters. The number of thiazole rings is 1. The van der Waals surface area contributed by atoms with Crippen molar-refractivity contribution in [3.63, 3.8) is 0 Å². The fourth-order valence-corrected chi connectivity index (χ4v) is 4.82. The second-order valence-corrected chi connectivity index (χ2v) is 9.32. The van der Waals surface area contributed by atoms with E-state index in [0.717, 1.165) is 15.2 Å². The van der Waals surface area contributed by atoms with Gasteiger partial charge in [0.1, 0.15) is 0 Å². The molecule has 28 heavy (non-hydrogen) atoms. The Kier molecular flexibility index (Phi) is 6.09. The van der Waals surface area contributed by atoms with Crippen LogP contribution in [-0.4, -0.2) is 39.1 Å². The highest BCUT2D eigenvalue weighted by Crippen LogP contribution is 2.25. The number of carbonyl (C=O) groups excluding carboxylic acids is 1. The molecule has 0 bridgehead atoms. The first kappa shape index (κ1) is 20.4. The van der Waals surface area contributed by atoms with Crippen molar-refractivity contribution < 1.29 is 17.9 Å². The fraction of sp³-hybridized carbons (Fsp3) is 0.263. The number of aromatic nitrogens is 1. The van der Waals surface area contributed by atoms with E-state index in [1.54, 1.807) is 24.3 Å². The van der Waals surface area contributed by atoms with Crippen LogP contribution in [0.3, 0.4) is 0 Å². The van der Waals surface area contributed by atoms with Gasteiger partial charge in [0.2, 0.25) is 10.0 Å². The molecule has 0 radical (unpaired) electrons. The van der Waals surface area contributed by atoms with E-state index in [0.29, 0.717) is 11.3 Å². The van der Waals surface area contributed by atoms with E-state index in [9.17, 15) is 13.2 Å². The highest BCUT2D eigenvalue weighted by atomic mass is 32.2. The Morgan fingerprint density at radius 1 is 1.21 bits per heavy atom. The molecule has 1 amide bonds. The van der Waals surface area contributed by atoms with Crippen molar-refractivity contribution in [2.75, 3.05) is 19.0 Å². The van der Waals surface area contributed by atoms with Gasteiger partial charge >= 0.3 is 0 Å². The molecule has 148 valence electrons. The first-order valence-corrected chi connectivity index (χ1v) is 10.9. The van der Waals surface area contributed by atoms with Gasteiger partial charge in [-0.05, 0) is 56.3 Å². The van der Waals surface area contributed by atoms with Crippen molar-refractivity contribution in [2.45, 2.75) is 24.8 Å². The van der Waals surface area contributed by atoms with Gasteiger partial charge in [-0.1, -0.05) is 0 Å². The van der Waals surface area contributed by atoms with Crippen LogP contribution in [0.5, 0.6) is 0 Å². The maximum absolute atomic E-state index is 12.5. The normalized spacial score (nSPS) is 12.8. The molecule has 0 aliphatic heterocycles. The van der Waals surface area contributed by atoms with E-state index in [4.69, 9.17) is 4.74 Å². The zero-order chi connectivity index (χ0) is 20.3. The molecule has 0 aliphatic carbocycles. The smallest absolute Gasteiger partial charge is 0.255 e. The molecule has 7 nitrogen and oxygen atoms in total. The van der Waals surface area contributed by atoms with Crippen LogP contribution in [-0.2, 0) is 14.8 Å². The quantitative estimate of drug-likeness (QED) is 0.613. The van der Waals surface area contributed by atoms with Crippen molar-refractivity contribution in [3.8, 4) is 0 Å². The Labute approximate surface area is 167 Å². The average Bonchev–Trinajstić information content (AvgIpc) is 3.01. The summed E-state index contributed by atoms with van der Waals surface area (Å²) in [4.78, 5) is 17.0. The Hall–Kier alpha value is -2.33. The minimum Gasteiger partial charge on any atom is -0.383 e. The molecular weight excluding hydrogens is 398 g/mol. The molecule has 0 spiro atoms.